The minimum atomic E-state index is -0.0798. The molecule has 4 heteroatoms. The second-order valence-corrected chi connectivity index (χ2v) is 4.83. The van der Waals surface area contributed by atoms with Crippen molar-refractivity contribution in [1.29, 1.82) is 0 Å². The number of amides is 1. The van der Waals surface area contributed by atoms with E-state index >= 15 is 0 Å². The van der Waals surface area contributed by atoms with Crippen molar-refractivity contribution in [3.63, 3.8) is 0 Å². The fourth-order valence-corrected chi connectivity index (χ4v) is 2.46. The summed E-state index contributed by atoms with van der Waals surface area (Å²) in [6.07, 6.45) is 5.78. The first-order valence-corrected chi connectivity index (χ1v) is 6.11. The summed E-state index contributed by atoms with van der Waals surface area (Å²) < 4.78 is 5.11. The quantitative estimate of drug-likeness (QED) is 0.809. The van der Waals surface area contributed by atoms with E-state index in [1.165, 1.54) is 6.26 Å². The lowest BCUT2D eigenvalue weighted by atomic mass is 9.94. The van der Waals surface area contributed by atoms with Crippen LogP contribution in [-0.4, -0.2) is 17.3 Å². The Hall–Kier alpha value is -0.960. The molecule has 2 unspecified atom stereocenters. The van der Waals surface area contributed by atoms with Crippen LogP contribution in [0.5, 0.6) is 0 Å². The summed E-state index contributed by atoms with van der Waals surface area (Å²) in [5.74, 6) is 0.572. The van der Waals surface area contributed by atoms with Crippen LogP contribution in [0.3, 0.4) is 0 Å². The Bertz CT molecular complexity index is 375. The zero-order chi connectivity index (χ0) is 11.5. The minimum Gasteiger partial charge on any atom is -0.469 e. The number of hydrogen-bond donors (Lipinski definition) is 1. The lowest BCUT2D eigenvalue weighted by Crippen LogP contribution is -2.42. The molecule has 16 heavy (non-hydrogen) atoms. The summed E-state index contributed by atoms with van der Waals surface area (Å²) in [7, 11) is 0. The second-order valence-electron chi connectivity index (χ2n) is 4.27. The van der Waals surface area contributed by atoms with Gasteiger partial charge in [0.25, 0.3) is 5.91 Å². The Morgan fingerprint density at radius 1 is 1.50 bits per heavy atom. The number of aryl methyl sites for hydroxylation is 1. The van der Waals surface area contributed by atoms with E-state index in [4.69, 9.17) is 16.0 Å². The van der Waals surface area contributed by atoms with Gasteiger partial charge in [0.05, 0.1) is 17.2 Å². The van der Waals surface area contributed by atoms with Gasteiger partial charge < -0.3 is 9.73 Å². The van der Waals surface area contributed by atoms with Gasteiger partial charge in [-0.1, -0.05) is 12.8 Å². The van der Waals surface area contributed by atoms with Gasteiger partial charge >= 0.3 is 0 Å². The van der Waals surface area contributed by atoms with Gasteiger partial charge in [-0.15, -0.1) is 11.6 Å². The summed E-state index contributed by atoms with van der Waals surface area (Å²) in [5.41, 5.74) is 0.606. The van der Waals surface area contributed by atoms with E-state index in [1.807, 2.05) is 0 Å². The van der Waals surface area contributed by atoms with E-state index in [0.717, 1.165) is 25.7 Å². The van der Waals surface area contributed by atoms with Crippen molar-refractivity contribution >= 4 is 17.5 Å². The average molecular weight is 242 g/mol. The molecular weight excluding hydrogens is 226 g/mol. The Morgan fingerprint density at radius 2 is 2.25 bits per heavy atom. The van der Waals surface area contributed by atoms with E-state index in [9.17, 15) is 4.79 Å². The molecule has 1 saturated carbocycles. The first-order chi connectivity index (χ1) is 7.68. The fraction of sp³-hybridized carbons (Fsp3) is 0.583. The second kappa shape index (κ2) is 4.91. The molecule has 88 valence electrons. The Morgan fingerprint density at radius 3 is 2.88 bits per heavy atom. The highest BCUT2D eigenvalue weighted by Crippen LogP contribution is 2.23. The molecule has 0 radical (unpaired) electrons. The SMILES string of the molecule is Cc1occc1C(=O)NC1CCCCC1Cl. The maximum absolute atomic E-state index is 11.9. The molecule has 0 aliphatic heterocycles. The van der Waals surface area contributed by atoms with E-state index in [1.54, 1.807) is 13.0 Å². The Labute approximate surface area is 100 Å². The molecule has 1 aliphatic rings. The first-order valence-electron chi connectivity index (χ1n) is 5.67. The number of nitrogens with one attached hydrogen (secondary N) is 1. The first kappa shape index (κ1) is 11.5. The highest BCUT2D eigenvalue weighted by Gasteiger charge is 2.25. The molecule has 2 atom stereocenters. The van der Waals surface area contributed by atoms with Gasteiger partial charge in [0.1, 0.15) is 5.76 Å². The topological polar surface area (TPSA) is 42.2 Å². The molecule has 1 N–H and O–H groups in total. The van der Waals surface area contributed by atoms with Gasteiger partial charge in [0, 0.05) is 6.04 Å². The minimum absolute atomic E-state index is 0.0601. The van der Waals surface area contributed by atoms with Crippen LogP contribution in [0.1, 0.15) is 41.8 Å². The molecule has 3 nitrogen and oxygen atoms in total. The lowest BCUT2D eigenvalue weighted by Gasteiger charge is -2.27. The molecule has 0 bridgehead atoms. The van der Waals surface area contributed by atoms with Crippen LogP contribution in [0, 0.1) is 6.92 Å². The molecule has 1 aliphatic carbocycles. The molecule has 0 aromatic carbocycles. The number of carbonyl (C=O) groups excluding carboxylic acids is 1. The van der Waals surface area contributed by atoms with Crippen molar-refractivity contribution in [2.45, 2.75) is 44.0 Å². The largest absolute Gasteiger partial charge is 0.469 e. The molecule has 1 fully saturated rings. The van der Waals surface area contributed by atoms with Crippen LogP contribution in [0.2, 0.25) is 0 Å². The van der Waals surface area contributed by atoms with Gasteiger partial charge in [0.2, 0.25) is 0 Å². The maximum atomic E-state index is 11.9. The normalized spacial score (nSPS) is 25.4. The summed E-state index contributed by atoms with van der Waals surface area (Å²) >= 11 is 6.19. The van der Waals surface area contributed by atoms with Crippen LogP contribution >= 0.6 is 11.6 Å². The monoisotopic (exact) mass is 241 g/mol. The number of furan rings is 1. The molecule has 1 heterocycles. The van der Waals surface area contributed by atoms with Gasteiger partial charge in [-0.2, -0.15) is 0 Å². The molecule has 1 amide bonds. The fourth-order valence-electron chi connectivity index (χ4n) is 2.11. The van der Waals surface area contributed by atoms with Crippen molar-refractivity contribution in [3.05, 3.63) is 23.7 Å². The number of halogens is 1. The van der Waals surface area contributed by atoms with Gasteiger partial charge in [-0.05, 0) is 25.8 Å². The highest BCUT2D eigenvalue weighted by molar-refractivity contribution is 6.21. The Balaban J connectivity index is 1.99. The van der Waals surface area contributed by atoms with Crippen LogP contribution in [0.25, 0.3) is 0 Å². The van der Waals surface area contributed by atoms with E-state index < -0.39 is 0 Å². The third-order valence-electron chi connectivity index (χ3n) is 3.10. The van der Waals surface area contributed by atoms with Crippen molar-refractivity contribution < 1.29 is 9.21 Å². The summed E-state index contributed by atoms with van der Waals surface area (Å²) in [4.78, 5) is 11.9. The van der Waals surface area contributed by atoms with Gasteiger partial charge in [0.15, 0.2) is 0 Å². The third kappa shape index (κ3) is 2.40. The third-order valence-corrected chi connectivity index (χ3v) is 3.62. The van der Waals surface area contributed by atoms with E-state index in [-0.39, 0.29) is 17.3 Å². The predicted octanol–water partition coefficient (Wildman–Crippen LogP) is 2.87. The number of alkyl halides is 1. The molecule has 0 saturated heterocycles. The average Bonchev–Trinajstić information content (AvgIpc) is 2.68. The lowest BCUT2D eigenvalue weighted by molar-refractivity contribution is 0.0927. The zero-order valence-electron chi connectivity index (χ0n) is 9.33. The van der Waals surface area contributed by atoms with Crippen LogP contribution in [0.4, 0.5) is 0 Å². The van der Waals surface area contributed by atoms with Crippen molar-refractivity contribution in [1.82, 2.24) is 5.32 Å². The van der Waals surface area contributed by atoms with Crippen LogP contribution in [0.15, 0.2) is 16.7 Å². The number of hydrogen-bond acceptors (Lipinski definition) is 2. The predicted molar refractivity (Wildman–Crippen MR) is 62.8 cm³/mol. The van der Waals surface area contributed by atoms with Gasteiger partial charge in [-0.3, -0.25) is 4.79 Å². The van der Waals surface area contributed by atoms with Gasteiger partial charge in [-0.25, -0.2) is 0 Å². The Kier molecular flexibility index (Phi) is 3.54. The van der Waals surface area contributed by atoms with Crippen molar-refractivity contribution in [2.75, 3.05) is 0 Å². The van der Waals surface area contributed by atoms with E-state index in [2.05, 4.69) is 5.32 Å². The molecule has 1 aromatic heterocycles. The van der Waals surface area contributed by atoms with Crippen LogP contribution in [-0.2, 0) is 0 Å². The van der Waals surface area contributed by atoms with Crippen molar-refractivity contribution in [2.24, 2.45) is 0 Å². The summed E-state index contributed by atoms with van der Waals surface area (Å²) in [5, 5.41) is 3.04. The standard InChI is InChI=1S/C12H16ClNO2/c1-8-9(6-7-16-8)12(15)14-11-5-3-2-4-10(11)13/h6-7,10-11H,2-5H2,1H3,(H,14,15). The molecule has 1 aromatic rings. The molecule has 2 rings (SSSR count). The van der Waals surface area contributed by atoms with Crippen molar-refractivity contribution in [3.8, 4) is 0 Å². The summed E-state index contributed by atoms with van der Waals surface area (Å²) in [6, 6.07) is 1.79. The summed E-state index contributed by atoms with van der Waals surface area (Å²) in [6.45, 7) is 1.79. The number of carbonyl (C=O) groups is 1. The maximum Gasteiger partial charge on any atom is 0.255 e. The smallest absolute Gasteiger partial charge is 0.255 e. The number of rotatable bonds is 2. The molecular formula is C12H16ClNO2. The van der Waals surface area contributed by atoms with E-state index in [0.29, 0.717) is 11.3 Å². The zero-order valence-corrected chi connectivity index (χ0v) is 10.1. The van der Waals surface area contributed by atoms with Crippen LogP contribution < -0.4 is 5.32 Å². The molecule has 0 spiro atoms. The highest BCUT2D eigenvalue weighted by atomic mass is 35.5.